The van der Waals surface area contributed by atoms with Crippen molar-refractivity contribution in [3.63, 3.8) is 0 Å². The third-order valence-corrected chi connectivity index (χ3v) is 5.20. The first-order chi connectivity index (χ1) is 11.7. The highest BCUT2D eigenvalue weighted by molar-refractivity contribution is 9.10. The molecular formula is C18H18BrClN4. The molecule has 24 heavy (non-hydrogen) atoms. The molecule has 4 nitrogen and oxygen atoms in total. The van der Waals surface area contributed by atoms with E-state index in [-0.39, 0.29) is 0 Å². The van der Waals surface area contributed by atoms with Crippen LogP contribution < -0.4 is 0 Å². The Balaban J connectivity index is 1.56. The van der Waals surface area contributed by atoms with E-state index in [2.05, 4.69) is 49.1 Å². The summed E-state index contributed by atoms with van der Waals surface area (Å²) in [5.41, 5.74) is 3.40. The first-order valence-corrected chi connectivity index (χ1v) is 9.33. The molecule has 0 aliphatic carbocycles. The highest BCUT2D eigenvalue weighted by Gasteiger charge is 2.24. The van der Waals surface area contributed by atoms with Crippen LogP contribution >= 0.6 is 27.5 Å². The lowest BCUT2D eigenvalue weighted by Gasteiger charge is -2.33. The van der Waals surface area contributed by atoms with E-state index < -0.39 is 0 Å². The van der Waals surface area contributed by atoms with E-state index in [0.29, 0.717) is 5.92 Å². The molecule has 0 saturated carbocycles. The van der Waals surface area contributed by atoms with Crippen LogP contribution in [0.5, 0.6) is 0 Å². The highest BCUT2D eigenvalue weighted by Crippen LogP contribution is 2.28. The number of hydrogen-bond donors (Lipinski definition) is 0. The molecular weight excluding hydrogens is 388 g/mol. The molecule has 1 saturated heterocycles. The lowest BCUT2D eigenvalue weighted by atomic mass is 9.94. The van der Waals surface area contributed by atoms with Crippen molar-refractivity contribution in [2.24, 2.45) is 0 Å². The predicted molar refractivity (Wildman–Crippen MR) is 99.4 cm³/mol. The second kappa shape index (κ2) is 6.82. The average Bonchev–Trinajstić information content (AvgIpc) is 2.95. The minimum Gasteiger partial charge on any atom is -0.298 e. The van der Waals surface area contributed by atoms with Gasteiger partial charge in [-0.2, -0.15) is 5.10 Å². The van der Waals surface area contributed by atoms with E-state index in [0.717, 1.165) is 34.9 Å². The number of benzene rings is 1. The summed E-state index contributed by atoms with van der Waals surface area (Å²) in [4.78, 5) is 6.90. The van der Waals surface area contributed by atoms with Gasteiger partial charge in [-0.1, -0.05) is 23.7 Å². The van der Waals surface area contributed by atoms with E-state index >= 15 is 0 Å². The van der Waals surface area contributed by atoms with Crippen LogP contribution in [0.2, 0.25) is 5.02 Å². The SMILES string of the molecule is Clc1cccc(CN2CCCC(c3ccnc4cc(Br)nn34)C2)c1. The summed E-state index contributed by atoms with van der Waals surface area (Å²) in [5, 5.41) is 5.35. The summed E-state index contributed by atoms with van der Waals surface area (Å²) >= 11 is 9.56. The fourth-order valence-electron chi connectivity index (χ4n) is 3.53. The lowest BCUT2D eigenvalue weighted by molar-refractivity contribution is 0.197. The van der Waals surface area contributed by atoms with Crippen molar-refractivity contribution >= 4 is 33.2 Å². The fraction of sp³-hybridized carbons (Fsp3) is 0.333. The lowest BCUT2D eigenvalue weighted by Crippen LogP contribution is -2.34. The maximum atomic E-state index is 6.11. The summed E-state index contributed by atoms with van der Waals surface area (Å²) in [6.07, 6.45) is 4.26. The Morgan fingerprint density at radius 3 is 3.04 bits per heavy atom. The Bertz CT molecular complexity index is 863. The van der Waals surface area contributed by atoms with Gasteiger partial charge in [-0.25, -0.2) is 9.50 Å². The molecule has 2 aromatic heterocycles. The summed E-state index contributed by atoms with van der Waals surface area (Å²) < 4.78 is 2.80. The Morgan fingerprint density at radius 2 is 2.17 bits per heavy atom. The number of hydrogen-bond acceptors (Lipinski definition) is 3. The van der Waals surface area contributed by atoms with E-state index in [4.69, 9.17) is 11.6 Å². The first kappa shape index (κ1) is 16.1. The zero-order valence-corrected chi connectivity index (χ0v) is 15.5. The molecule has 1 aromatic carbocycles. The molecule has 1 unspecified atom stereocenters. The van der Waals surface area contributed by atoms with Crippen molar-refractivity contribution in [1.82, 2.24) is 19.5 Å². The van der Waals surface area contributed by atoms with Gasteiger partial charge in [-0.3, -0.25) is 4.90 Å². The molecule has 3 aromatic rings. The van der Waals surface area contributed by atoms with Crippen molar-refractivity contribution in [3.05, 3.63) is 63.5 Å². The van der Waals surface area contributed by atoms with Gasteiger partial charge in [0.05, 0.1) is 5.69 Å². The van der Waals surface area contributed by atoms with E-state index in [1.165, 1.54) is 24.1 Å². The van der Waals surface area contributed by atoms with Crippen LogP contribution in [0.1, 0.15) is 30.0 Å². The summed E-state index contributed by atoms with van der Waals surface area (Å²) in [5.74, 6) is 0.468. The molecule has 1 aliphatic rings. The van der Waals surface area contributed by atoms with Crippen LogP contribution in [0.25, 0.3) is 5.65 Å². The van der Waals surface area contributed by atoms with Gasteiger partial charge in [0.25, 0.3) is 0 Å². The molecule has 1 aliphatic heterocycles. The van der Waals surface area contributed by atoms with E-state index in [9.17, 15) is 0 Å². The van der Waals surface area contributed by atoms with Crippen LogP contribution in [-0.4, -0.2) is 32.6 Å². The molecule has 1 fully saturated rings. The molecule has 3 heterocycles. The van der Waals surface area contributed by atoms with Crippen LogP contribution in [0.15, 0.2) is 47.2 Å². The van der Waals surface area contributed by atoms with E-state index in [1.54, 1.807) is 0 Å². The Morgan fingerprint density at radius 1 is 1.25 bits per heavy atom. The highest BCUT2D eigenvalue weighted by atomic mass is 79.9. The van der Waals surface area contributed by atoms with Gasteiger partial charge >= 0.3 is 0 Å². The van der Waals surface area contributed by atoms with Crippen LogP contribution in [0.3, 0.4) is 0 Å². The zero-order valence-electron chi connectivity index (χ0n) is 13.2. The maximum absolute atomic E-state index is 6.11. The van der Waals surface area contributed by atoms with Crippen molar-refractivity contribution < 1.29 is 0 Å². The van der Waals surface area contributed by atoms with Gasteiger partial charge in [0.1, 0.15) is 4.60 Å². The second-order valence-corrected chi connectivity index (χ2v) is 7.56. The van der Waals surface area contributed by atoms with Gasteiger partial charge in [-0.15, -0.1) is 0 Å². The zero-order chi connectivity index (χ0) is 16.5. The molecule has 0 radical (unpaired) electrons. The summed E-state index contributed by atoms with van der Waals surface area (Å²) in [6.45, 7) is 3.09. The minimum absolute atomic E-state index is 0.468. The predicted octanol–water partition coefficient (Wildman–Crippen LogP) is 4.52. The number of piperidine rings is 1. The largest absolute Gasteiger partial charge is 0.298 e. The smallest absolute Gasteiger partial charge is 0.156 e. The molecule has 0 bridgehead atoms. The number of aromatic nitrogens is 3. The second-order valence-electron chi connectivity index (χ2n) is 6.31. The van der Waals surface area contributed by atoms with Crippen molar-refractivity contribution in [2.45, 2.75) is 25.3 Å². The van der Waals surface area contributed by atoms with Gasteiger partial charge < -0.3 is 0 Å². The molecule has 0 N–H and O–H groups in total. The van der Waals surface area contributed by atoms with Gasteiger partial charge in [0.2, 0.25) is 0 Å². The number of nitrogens with zero attached hydrogens (tertiary/aromatic N) is 4. The van der Waals surface area contributed by atoms with Crippen LogP contribution in [0.4, 0.5) is 0 Å². The summed E-state index contributed by atoms with van der Waals surface area (Å²) in [6, 6.07) is 12.2. The Labute approximate surface area is 154 Å². The molecule has 1 atom stereocenters. The molecule has 6 heteroatoms. The number of halogens is 2. The topological polar surface area (TPSA) is 33.4 Å². The van der Waals surface area contributed by atoms with Crippen molar-refractivity contribution in [2.75, 3.05) is 13.1 Å². The third-order valence-electron chi connectivity index (χ3n) is 4.58. The molecule has 0 amide bonds. The van der Waals surface area contributed by atoms with Gasteiger partial charge in [0, 0.05) is 36.3 Å². The summed E-state index contributed by atoms with van der Waals surface area (Å²) in [7, 11) is 0. The Hall–Kier alpha value is -1.43. The third kappa shape index (κ3) is 3.34. The number of likely N-dealkylation sites (tertiary alicyclic amines) is 1. The fourth-order valence-corrected chi connectivity index (χ4v) is 4.11. The van der Waals surface area contributed by atoms with Crippen molar-refractivity contribution in [1.29, 1.82) is 0 Å². The number of fused-ring (bicyclic) bond motifs is 1. The van der Waals surface area contributed by atoms with Crippen molar-refractivity contribution in [3.8, 4) is 0 Å². The minimum atomic E-state index is 0.468. The normalized spacial score (nSPS) is 19.0. The van der Waals surface area contributed by atoms with Crippen LogP contribution in [-0.2, 0) is 6.54 Å². The standard InChI is InChI=1S/C18H18BrClN4/c19-17-10-18-21-7-6-16(24(18)22-17)14-4-2-8-23(12-14)11-13-3-1-5-15(20)9-13/h1,3,5-7,9-10,14H,2,4,8,11-12H2. The monoisotopic (exact) mass is 404 g/mol. The molecule has 4 rings (SSSR count). The molecule has 124 valence electrons. The van der Waals surface area contributed by atoms with Gasteiger partial charge in [0.15, 0.2) is 5.65 Å². The van der Waals surface area contributed by atoms with E-state index in [1.807, 2.05) is 28.9 Å². The van der Waals surface area contributed by atoms with Crippen LogP contribution in [0, 0.1) is 0 Å². The quantitative estimate of drug-likeness (QED) is 0.642. The molecule has 0 spiro atoms. The first-order valence-electron chi connectivity index (χ1n) is 8.16. The number of rotatable bonds is 3. The maximum Gasteiger partial charge on any atom is 0.156 e. The Kier molecular flexibility index (Phi) is 4.57. The van der Waals surface area contributed by atoms with Gasteiger partial charge in [-0.05, 0) is 59.1 Å². The average molecular weight is 406 g/mol.